The molecule has 3 heterocycles. The maximum atomic E-state index is 12.2. The van der Waals surface area contributed by atoms with E-state index in [1.165, 1.54) is 11.3 Å². The van der Waals surface area contributed by atoms with Crippen LogP contribution >= 0.6 is 11.3 Å². The van der Waals surface area contributed by atoms with E-state index in [-0.39, 0.29) is 12.3 Å². The summed E-state index contributed by atoms with van der Waals surface area (Å²) in [4.78, 5) is 20.9. The Balaban J connectivity index is 1.68. The lowest BCUT2D eigenvalue weighted by atomic mass is 10.2. The van der Waals surface area contributed by atoms with Crippen molar-refractivity contribution >= 4 is 22.4 Å². The summed E-state index contributed by atoms with van der Waals surface area (Å²) in [6.45, 7) is 5.91. The maximum absolute atomic E-state index is 12.2. The molecule has 0 saturated carbocycles. The van der Waals surface area contributed by atoms with E-state index < -0.39 is 0 Å². The number of aryl methyl sites for hydroxylation is 1. The number of hydrogen-bond acceptors (Lipinski definition) is 6. The smallest absolute Gasteiger partial charge is 0.263 e. The first kappa shape index (κ1) is 15.5. The van der Waals surface area contributed by atoms with Crippen LogP contribution in [0.25, 0.3) is 11.7 Å². The van der Waals surface area contributed by atoms with Crippen LogP contribution in [-0.2, 0) is 11.2 Å². The summed E-state index contributed by atoms with van der Waals surface area (Å²) < 4.78 is 10.8. The minimum Gasteiger partial charge on any atom is -0.459 e. The van der Waals surface area contributed by atoms with Crippen LogP contribution in [0, 0.1) is 6.92 Å². The summed E-state index contributed by atoms with van der Waals surface area (Å²) in [7, 11) is 0. The normalized spacial score (nSPS) is 11.1. The van der Waals surface area contributed by atoms with Crippen LogP contribution in [-0.4, -0.2) is 15.9 Å². The highest BCUT2D eigenvalue weighted by Crippen LogP contribution is 2.24. The third kappa shape index (κ3) is 3.50. The zero-order chi connectivity index (χ0) is 16.4. The molecule has 0 fully saturated rings. The minimum absolute atomic E-state index is 0.132. The number of carbonyl (C=O) groups excluding carboxylic acids is 1. The number of anilines is 1. The van der Waals surface area contributed by atoms with E-state index >= 15 is 0 Å². The summed E-state index contributed by atoms with van der Waals surface area (Å²) in [5.41, 5.74) is 1.57. The van der Waals surface area contributed by atoms with Crippen molar-refractivity contribution in [3.8, 4) is 11.7 Å². The Hall–Kier alpha value is -2.41. The van der Waals surface area contributed by atoms with Crippen molar-refractivity contribution < 1.29 is 13.6 Å². The van der Waals surface area contributed by atoms with Crippen molar-refractivity contribution in [1.82, 2.24) is 9.97 Å². The number of nitrogens with one attached hydrogen (secondary N) is 1. The van der Waals surface area contributed by atoms with E-state index in [0.717, 1.165) is 5.69 Å². The van der Waals surface area contributed by atoms with E-state index in [1.54, 1.807) is 25.3 Å². The number of nitrogens with zero attached hydrogens (tertiary/aromatic N) is 2. The molecule has 0 aliphatic heterocycles. The maximum Gasteiger partial charge on any atom is 0.263 e. The first-order valence-electron chi connectivity index (χ1n) is 7.28. The Morgan fingerprint density at radius 2 is 2.22 bits per heavy atom. The summed E-state index contributed by atoms with van der Waals surface area (Å²) in [5.74, 6) is 1.70. The van der Waals surface area contributed by atoms with Crippen molar-refractivity contribution in [3.63, 3.8) is 0 Å². The molecule has 3 rings (SSSR count). The minimum atomic E-state index is -0.169. The summed E-state index contributed by atoms with van der Waals surface area (Å²) >= 11 is 1.42. The first-order chi connectivity index (χ1) is 11.0. The third-order valence-electron chi connectivity index (χ3n) is 3.31. The topological polar surface area (TPSA) is 81.2 Å². The fourth-order valence-corrected chi connectivity index (χ4v) is 2.91. The Labute approximate surface area is 137 Å². The van der Waals surface area contributed by atoms with Gasteiger partial charge in [-0.25, -0.2) is 9.97 Å². The second-order valence-corrected chi connectivity index (χ2v) is 6.31. The number of carbonyl (C=O) groups is 1. The molecule has 3 aromatic rings. The molecule has 0 spiro atoms. The standard InChI is InChI=1S/C16H17N3O3S/c1-9(2)12-8-23-16(18-12)19-14(20)7-11-10(3)22-15(17-11)13-5-4-6-21-13/h4-6,8-9H,7H2,1-3H3,(H,18,19,20). The molecule has 1 N–H and O–H groups in total. The predicted octanol–water partition coefficient (Wildman–Crippen LogP) is 4.00. The van der Waals surface area contributed by atoms with E-state index in [9.17, 15) is 4.79 Å². The van der Waals surface area contributed by atoms with E-state index in [2.05, 4.69) is 29.1 Å². The van der Waals surface area contributed by atoms with Crippen molar-refractivity contribution in [2.45, 2.75) is 33.1 Å². The Bertz CT molecular complexity index is 803. The van der Waals surface area contributed by atoms with Crippen molar-refractivity contribution in [2.75, 3.05) is 5.32 Å². The summed E-state index contributed by atoms with van der Waals surface area (Å²) in [6, 6.07) is 3.52. The molecule has 6 nitrogen and oxygen atoms in total. The number of aromatic nitrogens is 2. The number of thiazole rings is 1. The van der Waals surface area contributed by atoms with Gasteiger partial charge in [-0.15, -0.1) is 11.3 Å². The molecule has 0 unspecified atom stereocenters. The molecule has 1 amide bonds. The molecule has 23 heavy (non-hydrogen) atoms. The van der Waals surface area contributed by atoms with Crippen LogP contribution in [0.2, 0.25) is 0 Å². The van der Waals surface area contributed by atoms with E-state index in [4.69, 9.17) is 8.83 Å². The summed E-state index contributed by atoms with van der Waals surface area (Å²) in [6.07, 6.45) is 1.68. The predicted molar refractivity (Wildman–Crippen MR) is 87.5 cm³/mol. The molecule has 3 aromatic heterocycles. The summed E-state index contributed by atoms with van der Waals surface area (Å²) in [5, 5.41) is 5.36. The van der Waals surface area contributed by atoms with Gasteiger partial charge in [0, 0.05) is 5.38 Å². The number of amides is 1. The number of furan rings is 1. The van der Waals surface area contributed by atoms with Gasteiger partial charge in [-0.3, -0.25) is 4.79 Å². The second-order valence-electron chi connectivity index (χ2n) is 5.46. The molecule has 7 heteroatoms. The SMILES string of the molecule is Cc1oc(-c2ccco2)nc1CC(=O)Nc1nc(C(C)C)cs1. The second kappa shape index (κ2) is 6.37. The van der Waals surface area contributed by atoms with Gasteiger partial charge >= 0.3 is 0 Å². The number of oxazole rings is 1. The molecular formula is C16H17N3O3S. The van der Waals surface area contributed by atoms with Crippen molar-refractivity contribution in [2.24, 2.45) is 0 Å². The third-order valence-corrected chi connectivity index (χ3v) is 4.09. The largest absolute Gasteiger partial charge is 0.459 e. The van der Waals surface area contributed by atoms with E-state index in [0.29, 0.717) is 34.2 Å². The molecule has 0 radical (unpaired) electrons. The Kier molecular flexibility index (Phi) is 4.29. The molecule has 0 aliphatic carbocycles. The molecule has 120 valence electrons. The van der Waals surface area contributed by atoms with Crippen LogP contribution in [0.5, 0.6) is 0 Å². The van der Waals surface area contributed by atoms with Gasteiger partial charge in [0.05, 0.1) is 24.1 Å². The molecule has 0 aliphatic rings. The van der Waals surface area contributed by atoms with E-state index in [1.807, 2.05) is 5.38 Å². The van der Waals surface area contributed by atoms with Crippen LogP contribution in [0.4, 0.5) is 5.13 Å². The van der Waals surface area contributed by atoms with Gasteiger partial charge in [0.15, 0.2) is 10.9 Å². The zero-order valence-corrected chi connectivity index (χ0v) is 13.9. The lowest BCUT2D eigenvalue weighted by Crippen LogP contribution is -2.15. The van der Waals surface area contributed by atoms with Crippen LogP contribution in [0.15, 0.2) is 32.6 Å². The fraction of sp³-hybridized carbons (Fsp3) is 0.312. The van der Waals surface area contributed by atoms with Gasteiger partial charge in [-0.2, -0.15) is 0 Å². The zero-order valence-electron chi connectivity index (χ0n) is 13.1. The monoisotopic (exact) mass is 331 g/mol. The van der Waals surface area contributed by atoms with Gasteiger partial charge in [0.25, 0.3) is 5.89 Å². The average Bonchev–Trinajstić information content (AvgIpc) is 3.20. The number of hydrogen-bond donors (Lipinski definition) is 1. The van der Waals surface area contributed by atoms with Gasteiger partial charge in [-0.1, -0.05) is 13.8 Å². The molecule has 0 aromatic carbocycles. The van der Waals surface area contributed by atoms with Gasteiger partial charge in [0.2, 0.25) is 5.91 Å². The molecule has 0 atom stereocenters. The van der Waals surface area contributed by atoms with Crippen LogP contribution in [0.1, 0.15) is 36.9 Å². The van der Waals surface area contributed by atoms with Gasteiger partial charge in [0.1, 0.15) is 5.76 Å². The highest BCUT2D eigenvalue weighted by molar-refractivity contribution is 7.13. The lowest BCUT2D eigenvalue weighted by molar-refractivity contribution is -0.115. The van der Waals surface area contributed by atoms with Crippen molar-refractivity contribution in [1.29, 1.82) is 0 Å². The molecule has 0 saturated heterocycles. The fourth-order valence-electron chi connectivity index (χ4n) is 2.02. The van der Waals surface area contributed by atoms with Crippen molar-refractivity contribution in [3.05, 3.63) is 40.9 Å². The lowest BCUT2D eigenvalue weighted by Gasteiger charge is -2.00. The van der Waals surface area contributed by atoms with Gasteiger partial charge < -0.3 is 14.2 Å². The Morgan fingerprint density at radius 3 is 2.87 bits per heavy atom. The number of rotatable bonds is 5. The quantitative estimate of drug-likeness (QED) is 0.764. The Morgan fingerprint density at radius 1 is 1.39 bits per heavy atom. The highest BCUT2D eigenvalue weighted by atomic mass is 32.1. The highest BCUT2D eigenvalue weighted by Gasteiger charge is 2.17. The first-order valence-corrected chi connectivity index (χ1v) is 8.16. The van der Waals surface area contributed by atoms with Crippen LogP contribution < -0.4 is 5.32 Å². The average molecular weight is 331 g/mol. The molecule has 0 bridgehead atoms. The van der Waals surface area contributed by atoms with Gasteiger partial charge in [-0.05, 0) is 25.0 Å². The van der Waals surface area contributed by atoms with Crippen LogP contribution in [0.3, 0.4) is 0 Å². The molecular weight excluding hydrogens is 314 g/mol.